The third-order valence-electron chi connectivity index (χ3n) is 12.3. The molecular weight excluding hydrogens is 839 g/mol. The predicted octanol–water partition coefficient (Wildman–Crippen LogP) is 12.3. The minimum atomic E-state index is -2.89. The van der Waals surface area contributed by atoms with Crippen LogP contribution in [0, 0.1) is 11.8 Å². The number of rotatable bonds is 7. The van der Waals surface area contributed by atoms with Gasteiger partial charge in [-0.1, -0.05) is 185 Å². The lowest BCUT2D eigenvalue weighted by Crippen LogP contribution is -2.67. The highest BCUT2D eigenvalue weighted by molar-refractivity contribution is 6.99. The number of amides is 1. The SMILES string of the molecule is COC1C\C=C(C)/C=C/C(C)=C/C=C/C(=O)O[C@@H]([C@H](C)[C@@H]2OC(C)(C)N(C(=O)OC(C)(C)C)[C@@H]2C)[C@H](C)/C=C/C(C)=C/C=C/C=C[C@@H](O[Si](c2ccccc2)(c2ccccc2)C(C)(C)C)C1. The highest BCUT2D eigenvalue weighted by atomic mass is 28.4. The third kappa shape index (κ3) is 14.8. The fourth-order valence-corrected chi connectivity index (χ4v) is 13.6. The van der Waals surface area contributed by atoms with E-state index in [1.54, 1.807) is 18.1 Å². The number of methoxy groups -OCH3 is 1. The van der Waals surface area contributed by atoms with E-state index < -0.39 is 43.9 Å². The molecule has 0 radical (unpaired) electrons. The number of cyclic esters (lactones) is 1. The maximum Gasteiger partial charge on any atom is 0.412 e. The maximum atomic E-state index is 13.5. The van der Waals surface area contributed by atoms with Crippen LogP contribution in [0.2, 0.25) is 5.04 Å². The van der Waals surface area contributed by atoms with Gasteiger partial charge in [-0.05, 0) is 84.1 Å². The van der Waals surface area contributed by atoms with E-state index in [0.717, 1.165) is 16.7 Å². The number of carbonyl (C=O) groups is 2. The molecule has 2 aromatic carbocycles. The van der Waals surface area contributed by atoms with E-state index in [4.69, 9.17) is 23.4 Å². The van der Waals surface area contributed by atoms with E-state index >= 15 is 0 Å². The van der Waals surface area contributed by atoms with E-state index in [1.807, 2.05) is 86.6 Å². The molecule has 2 heterocycles. The Morgan fingerprint density at radius 3 is 1.92 bits per heavy atom. The van der Waals surface area contributed by atoms with Gasteiger partial charge in [0.05, 0.1) is 24.4 Å². The normalized spacial score (nSPS) is 29.0. The maximum absolute atomic E-state index is 13.5. The molecule has 0 bridgehead atoms. The molecule has 9 heteroatoms. The van der Waals surface area contributed by atoms with Crippen LogP contribution in [0.15, 0.2) is 156 Å². The summed E-state index contributed by atoms with van der Waals surface area (Å²) < 4.78 is 32.5. The summed E-state index contributed by atoms with van der Waals surface area (Å²) in [6.45, 7) is 28.4. The zero-order valence-electron chi connectivity index (χ0n) is 42.5. The highest BCUT2D eigenvalue weighted by Gasteiger charge is 2.53. The van der Waals surface area contributed by atoms with Crippen molar-refractivity contribution < 1.29 is 33.0 Å². The number of hydrogen-bond acceptors (Lipinski definition) is 7. The molecule has 0 N–H and O–H groups in total. The van der Waals surface area contributed by atoms with Crippen LogP contribution in [0.5, 0.6) is 0 Å². The summed E-state index contributed by atoms with van der Waals surface area (Å²) in [7, 11) is -1.11. The summed E-state index contributed by atoms with van der Waals surface area (Å²) in [6, 6.07) is 21.2. The Bertz CT molecular complexity index is 2110. The number of hydrogen-bond donors (Lipinski definition) is 0. The van der Waals surface area contributed by atoms with Gasteiger partial charge in [-0.25, -0.2) is 9.59 Å². The lowest BCUT2D eigenvalue weighted by atomic mass is 9.86. The van der Waals surface area contributed by atoms with Crippen LogP contribution in [0.25, 0.3) is 0 Å². The number of benzene rings is 2. The first-order valence-corrected chi connectivity index (χ1v) is 25.5. The summed E-state index contributed by atoms with van der Waals surface area (Å²) in [4.78, 5) is 28.6. The van der Waals surface area contributed by atoms with Gasteiger partial charge in [0, 0.05) is 31.4 Å². The zero-order valence-corrected chi connectivity index (χ0v) is 43.5. The molecule has 0 spiro atoms. The van der Waals surface area contributed by atoms with E-state index in [9.17, 15) is 9.59 Å². The molecule has 1 unspecified atom stereocenters. The average Bonchev–Trinajstić information content (AvgIpc) is 3.50. The van der Waals surface area contributed by atoms with Crippen LogP contribution in [0.4, 0.5) is 4.79 Å². The van der Waals surface area contributed by atoms with Crippen LogP contribution in [-0.4, -0.2) is 74.2 Å². The molecule has 8 nitrogen and oxygen atoms in total. The number of ether oxygens (including phenoxy) is 4. The number of carbonyl (C=O) groups excluding carboxylic acids is 2. The minimum Gasteiger partial charge on any atom is -0.458 e. The molecule has 2 aromatic rings. The fraction of sp³-hybridized carbons (Fsp3) is 0.474. The van der Waals surface area contributed by atoms with Crippen molar-refractivity contribution in [1.29, 1.82) is 0 Å². The molecule has 7 atom stereocenters. The first kappa shape index (κ1) is 53.8. The second-order valence-corrected chi connectivity index (χ2v) is 24.7. The lowest BCUT2D eigenvalue weighted by Gasteiger charge is -2.45. The Labute approximate surface area is 399 Å². The van der Waals surface area contributed by atoms with Gasteiger partial charge in [0.2, 0.25) is 0 Å². The summed E-state index contributed by atoms with van der Waals surface area (Å²) >= 11 is 0. The molecule has 358 valence electrons. The van der Waals surface area contributed by atoms with Crippen molar-refractivity contribution in [1.82, 2.24) is 4.90 Å². The van der Waals surface area contributed by atoms with Crippen molar-refractivity contribution in [3.8, 4) is 0 Å². The van der Waals surface area contributed by atoms with Gasteiger partial charge in [-0.3, -0.25) is 4.90 Å². The topological polar surface area (TPSA) is 83.5 Å². The average molecular weight is 918 g/mol. The summed E-state index contributed by atoms with van der Waals surface area (Å²) in [6.07, 6.45) is 25.5. The molecule has 1 amide bonds. The molecule has 0 aliphatic carbocycles. The van der Waals surface area contributed by atoms with E-state index in [0.29, 0.717) is 12.8 Å². The van der Waals surface area contributed by atoms with Crippen LogP contribution in [0.3, 0.4) is 0 Å². The molecule has 4 rings (SSSR count). The van der Waals surface area contributed by atoms with Crippen LogP contribution in [0.1, 0.15) is 110 Å². The highest BCUT2D eigenvalue weighted by Crippen LogP contribution is 2.40. The molecule has 0 saturated carbocycles. The molecule has 1 fully saturated rings. The zero-order chi connectivity index (χ0) is 48.9. The number of allylic oxidation sites excluding steroid dienone is 12. The predicted molar refractivity (Wildman–Crippen MR) is 274 cm³/mol. The van der Waals surface area contributed by atoms with Crippen molar-refractivity contribution in [2.45, 2.75) is 157 Å². The molecule has 1 saturated heterocycles. The van der Waals surface area contributed by atoms with Crippen LogP contribution in [-0.2, 0) is 28.2 Å². The van der Waals surface area contributed by atoms with Gasteiger partial charge < -0.3 is 23.4 Å². The summed E-state index contributed by atoms with van der Waals surface area (Å²) in [5.41, 5.74) is 1.50. The lowest BCUT2D eigenvalue weighted by molar-refractivity contribution is -0.153. The molecule has 2 aliphatic rings. The second kappa shape index (κ2) is 23.8. The van der Waals surface area contributed by atoms with E-state index in [1.165, 1.54) is 16.4 Å². The second-order valence-electron chi connectivity index (χ2n) is 20.5. The molecule has 2 aliphatic heterocycles. The van der Waals surface area contributed by atoms with Crippen molar-refractivity contribution in [3.05, 3.63) is 156 Å². The van der Waals surface area contributed by atoms with Gasteiger partial charge in [-0.2, -0.15) is 0 Å². The first-order valence-electron chi connectivity index (χ1n) is 23.6. The Kier molecular flexibility index (Phi) is 19.4. The van der Waals surface area contributed by atoms with Gasteiger partial charge in [-0.15, -0.1) is 0 Å². The van der Waals surface area contributed by atoms with Gasteiger partial charge in [0.1, 0.15) is 17.4 Å². The van der Waals surface area contributed by atoms with Gasteiger partial charge in [0.25, 0.3) is 8.32 Å². The Morgan fingerprint density at radius 2 is 1.35 bits per heavy atom. The Hall–Kier alpha value is -4.80. The molecular formula is C57H79NO7Si. The summed E-state index contributed by atoms with van der Waals surface area (Å²) in [5, 5.41) is 2.27. The Morgan fingerprint density at radius 1 is 0.773 bits per heavy atom. The Balaban J connectivity index is 1.74. The number of nitrogens with zero attached hydrogens (tertiary/aromatic N) is 1. The standard InChI is InChI=1S/C57H79NO7Si/c1-41-26-19-16-20-28-48(65-66(56(10,11)12,49-29-21-17-22-30-49)50-31-23-18-24-32-50)40-47(61-15)39-37-43(3)35-34-42(2)27-25-33-51(59)62-52(44(4)38-36-41)45(5)53-46(6)58(57(13,14)63-53)54(60)64-55(7,8)9/h16-38,44-48,52-53H,39-40H2,1-15H3/b19-16+,28-20?,33-25+,35-34+,38-36+,41-26+,42-27+,43-37-/t44-,45+,46-,47?,48-,52-,53+/m1/s1. The molecule has 0 aromatic heterocycles. The van der Waals surface area contributed by atoms with E-state index in [-0.39, 0.29) is 35.1 Å². The van der Waals surface area contributed by atoms with Crippen LogP contribution >= 0.6 is 0 Å². The van der Waals surface area contributed by atoms with Crippen molar-refractivity contribution in [3.63, 3.8) is 0 Å². The minimum absolute atomic E-state index is 0.0963. The van der Waals surface area contributed by atoms with Gasteiger partial charge >= 0.3 is 12.1 Å². The number of esters is 1. The van der Waals surface area contributed by atoms with Gasteiger partial charge in [0.15, 0.2) is 0 Å². The van der Waals surface area contributed by atoms with Crippen molar-refractivity contribution >= 4 is 30.8 Å². The fourth-order valence-electron chi connectivity index (χ4n) is 8.97. The third-order valence-corrected chi connectivity index (χ3v) is 17.4. The summed E-state index contributed by atoms with van der Waals surface area (Å²) in [5.74, 6) is -0.944. The largest absolute Gasteiger partial charge is 0.458 e. The van der Waals surface area contributed by atoms with Crippen molar-refractivity contribution in [2.24, 2.45) is 11.8 Å². The van der Waals surface area contributed by atoms with Crippen molar-refractivity contribution in [2.75, 3.05) is 7.11 Å². The van der Waals surface area contributed by atoms with E-state index in [2.05, 4.69) is 138 Å². The smallest absolute Gasteiger partial charge is 0.412 e. The van der Waals surface area contributed by atoms with Crippen LogP contribution < -0.4 is 10.4 Å². The first-order chi connectivity index (χ1) is 31.0. The monoisotopic (exact) mass is 918 g/mol. The quantitative estimate of drug-likeness (QED) is 0.202. The molecule has 66 heavy (non-hydrogen) atoms.